The van der Waals surface area contributed by atoms with E-state index in [2.05, 4.69) is 64.1 Å². The predicted octanol–water partition coefficient (Wildman–Crippen LogP) is 17.7. The molecule has 0 N–H and O–H groups in total. The first kappa shape index (κ1) is 45.8. The van der Waals surface area contributed by atoms with Crippen molar-refractivity contribution in [3.8, 4) is 67.8 Å². The SMILES string of the molecule is CC1(C)c2ccccc2-c2ccc3c(c21)c1ccccc1n3-c1ccc(C(F)(F)F)cc1-c1nc(-c2ccccc2)nc(-c2cc(C(F)(F)F)ccc2-n2c3ccccc3c3c4c(ccc32)-c2ccccc2C4(C)C)n1. The molecule has 0 bridgehead atoms. The summed E-state index contributed by atoms with van der Waals surface area (Å²) in [5.74, 6) is -0.258. The summed E-state index contributed by atoms with van der Waals surface area (Å²) in [7, 11) is 0. The molecule has 0 atom stereocenters. The first-order chi connectivity index (χ1) is 36.5. The van der Waals surface area contributed by atoms with Crippen LogP contribution in [0.1, 0.15) is 61.1 Å². The molecule has 3 heterocycles. The third-order valence-corrected chi connectivity index (χ3v) is 16.0. The molecule has 0 amide bonds. The average molecular weight is 1010 g/mol. The van der Waals surface area contributed by atoms with Crippen LogP contribution in [0.2, 0.25) is 0 Å². The Morgan fingerprint density at radius 2 is 0.750 bits per heavy atom. The fourth-order valence-corrected chi connectivity index (χ4v) is 12.7. The van der Waals surface area contributed by atoms with Gasteiger partial charge in [-0.05, 0) is 105 Å². The summed E-state index contributed by atoms with van der Waals surface area (Å²) < 4.78 is 95.0. The topological polar surface area (TPSA) is 48.5 Å². The lowest BCUT2D eigenvalue weighted by molar-refractivity contribution is -0.138. The molecule has 0 unspecified atom stereocenters. The lowest BCUT2D eigenvalue weighted by Gasteiger charge is -2.23. The molecule has 5 nitrogen and oxygen atoms in total. The third-order valence-electron chi connectivity index (χ3n) is 16.0. The Morgan fingerprint density at radius 3 is 1.20 bits per heavy atom. The molecule has 0 saturated carbocycles. The number of alkyl halides is 6. The quantitative estimate of drug-likeness (QED) is 0.161. The van der Waals surface area contributed by atoms with Gasteiger partial charge in [-0.2, -0.15) is 26.3 Å². The maximum Gasteiger partial charge on any atom is 0.416 e. The van der Waals surface area contributed by atoms with Gasteiger partial charge < -0.3 is 9.13 Å². The normalized spacial score (nSPS) is 14.4. The van der Waals surface area contributed by atoms with Gasteiger partial charge in [0, 0.05) is 49.1 Å². The van der Waals surface area contributed by atoms with Crippen molar-refractivity contribution in [1.29, 1.82) is 0 Å². The van der Waals surface area contributed by atoms with Crippen LogP contribution >= 0.6 is 0 Å². The molecule has 76 heavy (non-hydrogen) atoms. The Kier molecular flexibility index (Phi) is 9.54. The highest BCUT2D eigenvalue weighted by Gasteiger charge is 2.41. The van der Waals surface area contributed by atoms with Gasteiger partial charge in [-0.1, -0.05) is 155 Å². The van der Waals surface area contributed by atoms with Crippen LogP contribution in [0, 0.1) is 0 Å². The van der Waals surface area contributed by atoms with E-state index in [1.807, 2.05) is 94.1 Å². The van der Waals surface area contributed by atoms with Crippen molar-refractivity contribution in [2.75, 3.05) is 0 Å². The van der Waals surface area contributed by atoms with Crippen molar-refractivity contribution in [3.05, 3.63) is 221 Å². The van der Waals surface area contributed by atoms with E-state index in [0.29, 0.717) is 16.9 Å². The number of hydrogen-bond acceptors (Lipinski definition) is 3. The number of benzene rings is 9. The second kappa shape index (κ2) is 15.8. The molecule has 2 aliphatic rings. The maximum atomic E-state index is 15.2. The van der Waals surface area contributed by atoms with Crippen LogP contribution in [0.5, 0.6) is 0 Å². The van der Waals surface area contributed by atoms with Gasteiger partial charge in [0.1, 0.15) is 0 Å². The molecule has 0 aliphatic heterocycles. The highest BCUT2D eigenvalue weighted by molar-refractivity contribution is 6.16. The molecule has 11 heteroatoms. The van der Waals surface area contributed by atoms with Crippen LogP contribution in [-0.4, -0.2) is 24.1 Å². The summed E-state index contributed by atoms with van der Waals surface area (Å²) in [4.78, 5) is 15.0. The van der Waals surface area contributed by atoms with Crippen molar-refractivity contribution in [3.63, 3.8) is 0 Å². The summed E-state index contributed by atoms with van der Waals surface area (Å²) >= 11 is 0. The largest absolute Gasteiger partial charge is 0.416 e. The molecule has 9 aromatic carbocycles. The molecule has 0 fully saturated rings. The summed E-state index contributed by atoms with van der Waals surface area (Å²) in [6, 6.07) is 56.4. The van der Waals surface area contributed by atoms with E-state index >= 15 is 26.3 Å². The van der Waals surface area contributed by atoms with Gasteiger partial charge >= 0.3 is 12.4 Å². The Labute approximate surface area is 432 Å². The summed E-state index contributed by atoms with van der Waals surface area (Å²) in [5.41, 5.74) is 10.3. The average Bonchev–Trinajstić information content (AvgIpc) is 4.18. The molecular weight excluding hydrogens is 965 g/mol. The Bertz CT molecular complexity index is 4180. The number of aromatic nitrogens is 5. The van der Waals surface area contributed by atoms with E-state index in [1.165, 1.54) is 23.3 Å². The van der Waals surface area contributed by atoms with Crippen LogP contribution in [-0.2, 0) is 23.2 Å². The molecule has 2 aliphatic carbocycles. The summed E-state index contributed by atoms with van der Waals surface area (Å²) in [5, 5.41) is 3.72. The van der Waals surface area contributed by atoms with Crippen LogP contribution in [0.25, 0.3) is 111 Å². The second-order valence-electron chi connectivity index (χ2n) is 20.9. The lowest BCUT2D eigenvalue weighted by Crippen LogP contribution is -2.15. The van der Waals surface area contributed by atoms with Gasteiger partial charge in [0.25, 0.3) is 0 Å². The molecule has 0 spiro atoms. The first-order valence-electron chi connectivity index (χ1n) is 25.1. The van der Waals surface area contributed by atoms with E-state index in [4.69, 9.17) is 15.0 Å². The van der Waals surface area contributed by atoms with Crippen LogP contribution < -0.4 is 0 Å². The minimum Gasteiger partial charge on any atom is -0.308 e. The standard InChI is InChI=1S/C65H43F6N5/c1-62(2)47-22-12-8-18-39(47)41-28-32-53-55(57(41)62)43-20-10-14-24-49(43)75(53)51-30-26-37(64(66,67)68)34-45(51)60-72-59(36-16-6-5-7-17-36)73-61(74-60)46-35-38(65(69,70)71)27-31-52(46)76-50-25-15-11-21-44(50)56-54(76)33-29-42-40-19-9-13-23-48(40)63(3,4)58(42)56/h5-35H,1-4H3. The number of para-hydroxylation sites is 2. The number of rotatable bonds is 5. The fourth-order valence-electron chi connectivity index (χ4n) is 12.7. The third kappa shape index (κ3) is 6.50. The number of hydrogen-bond donors (Lipinski definition) is 0. The maximum absolute atomic E-state index is 15.2. The smallest absolute Gasteiger partial charge is 0.308 e. The highest BCUT2D eigenvalue weighted by Crippen LogP contribution is 2.55. The number of nitrogens with zero attached hydrogens (tertiary/aromatic N) is 5. The van der Waals surface area contributed by atoms with E-state index in [1.54, 1.807) is 30.3 Å². The van der Waals surface area contributed by atoms with E-state index in [9.17, 15) is 0 Å². The fraction of sp³-hybridized carbons (Fsp3) is 0.123. The Hall–Kier alpha value is -8.83. The molecule has 14 rings (SSSR count). The van der Waals surface area contributed by atoms with Gasteiger partial charge in [0.2, 0.25) is 0 Å². The Morgan fingerprint density at radius 1 is 0.355 bits per heavy atom. The van der Waals surface area contributed by atoms with Crippen molar-refractivity contribution < 1.29 is 26.3 Å². The molecule has 3 aromatic heterocycles. The lowest BCUT2D eigenvalue weighted by atomic mass is 9.80. The van der Waals surface area contributed by atoms with Gasteiger partial charge in [-0.3, -0.25) is 0 Å². The first-order valence-corrected chi connectivity index (χ1v) is 25.1. The number of halogens is 6. The van der Waals surface area contributed by atoms with Crippen LogP contribution in [0.4, 0.5) is 26.3 Å². The predicted molar refractivity (Wildman–Crippen MR) is 290 cm³/mol. The van der Waals surface area contributed by atoms with Gasteiger partial charge in [-0.25, -0.2) is 15.0 Å². The van der Waals surface area contributed by atoms with E-state index in [-0.39, 0.29) is 28.6 Å². The zero-order valence-corrected chi connectivity index (χ0v) is 41.4. The number of fused-ring (bicyclic) bond motifs is 14. The van der Waals surface area contributed by atoms with Crippen molar-refractivity contribution in [2.45, 2.75) is 50.9 Å². The van der Waals surface area contributed by atoms with Crippen LogP contribution in [0.15, 0.2) is 188 Å². The van der Waals surface area contributed by atoms with Crippen molar-refractivity contribution in [2.24, 2.45) is 0 Å². The van der Waals surface area contributed by atoms with Gasteiger partial charge in [-0.15, -0.1) is 0 Å². The minimum absolute atomic E-state index is 0.00380. The van der Waals surface area contributed by atoms with Crippen molar-refractivity contribution >= 4 is 43.6 Å². The molecule has 0 radical (unpaired) electrons. The molecule has 0 saturated heterocycles. The Balaban J connectivity index is 1.07. The van der Waals surface area contributed by atoms with Gasteiger partial charge in [0.15, 0.2) is 17.5 Å². The minimum atomic E-state index is -4.79. The van der Waals surface area contributed by atoms with E-state index in [0.717, 1.165) is 101 Å². The van der Waals surface area contributed by atoms with Crippen molar-refractivity contribution in [1.82, 2.24) is 24.1 Å². The van der Waals surface area contributed by atoms with Crippen LogP contribution in [0.3, 0.4) is 0 Å². The highest BCUT2D eigenvalue weighted by atomic mass is 19.4. The monoisotopic (exact) mass is 1010 g/mol. The summed E-state index contributed by atoms with van der Waals surface area (Å²) in [6.07, 6.45) is -9.58. The van der Waals surface area contributed by atoms with E-state index < -0.39 is 34.3 Å². The molecule has 370 valence electrons. The zero-order chi connectivity index (χ0) is 52.2. The summed E-state index contributed by atoms with van der Waals surface area (Å²) in [6.45, 7) is 8.77. The second-order valence-corrected chi connectivity index (χ2v) is 20.9. The van der Waals surface area contributed by atoms with Gasteiger partial charge in [0.05, 0.1) is 44.6 Å². The molecule has 12 aromatic rings. The zero-order valence-electron chi connectivity index (χ0n) is 41.4. The molecular formula is C65H43F6N5.